The van der Waals surface area contributed by atoms with E-state index in [0.717, 1.165) is 24.5 Å². The summed E-state index contributed by atoms with van der Waals surface area (Å²) in [6.07, 6.45) is 4.00. The minimum atomic E-state index is -0.128. The van der Waals surface area contributed by atoms with Crippen molar-refractivity contribution in [2.45, 2.75) is 12.8 Å². The third-order valence-corrected chi connectivity index (χ3v) is 4.04. The summed E-state index contributed by atoms with van der Waals surface area (Å²) in [5, 5.41) is 5.42. The molecule has 0 unspecified atom stereocenters. The van der Waals surface area contributed by atoms with Gasteiger partial charge in [0.05, 0.1) is 0 Å². The minimum Gasteiger partial charge on any atom is -0.359 e. The topological polar surface area (TPSA) is 74.3 Å². The van der Waals surface area contributed by atoms with Crippen LogP contribution in [0.2, 0.25) is 0 Å². The fraction of sp³-hybridized carbons (Fsp3) is 0.278. The molecule has 6 heteroatoms. The van der Waals surface area contributed by atoms with Crippen LogP contribution in [-0.2, 0) is 11.2 Å². The summed E-state index contributed by atoms with van der Waals surface area (Å²) in [6.45, 7) is 1.94. The molecule has 0 spiro atoms. The van der Waals surface area contributed by atoms with E-state index in [1.165, 1.54) is 5.56 Å². The second-order valence-electron chi connectivity index (χ2n) is 5.61. The SMILES string of the molecule is O=CNCCCNC(=O)c1ccnc(N2CCc3ccccc32)c1. The number of nitrogens with zero attached hydrogens (tertiary/aromatic N) is 2. The Morgan fingerprint density at radius 2 is 2.12 bits per heavy atom. The number of nitrogens with one attached hydrogen (secondary N) is 2. The molecule has 24 heavy (non-hydrogen) atoms. The van der Waals surface area contributed by atoms with Crippen LogP contribution in [0, 0.1) is 0 Å². The molecule has 3 rings (SSSR count). The number of aromatic nitrogens is 1. The largest absolute Gasteiger partial charge is 0.359 e. The predicted octanol–water partition coefficient (Wildman–Crippen LogP) is 1.64. The van der Waals surface area contributed by atoms with Gasteiger partial charge in [0.1, 0.15) is 5.82 Å². The van der Waals surface area contributed by atoms with E-state index in [1.54, 1.807) is 12.3 Å². The van der Waals surface area contributed by atoms with E-state index in [2.05, 4.69) is 32.7 Å². The third kappa shape index (κ3) is 3.53. The molecule has 1 aliphatic heterocycles. The lowest BCUT2D eigenvalue weighted by molar-refractivity contribution is -0.109. The highest BCUT2D eigenvalue weighted by molar-refractivity contribution is 5.95. The summed E-state index contributed by atoms with van der Waals surface area (Å²) in [5.41, 5.74) is 3.05. The van der Waals surface area contributed by atoms with Gasteiger partial charge in [-0.3, -0.25) is 9.59 Å². The molecule has 2 N–H and O–H groups in total. The van der Waals surface area contributed by atoms with E-state index in [1.807, 2.05) is 18.2 Å². The van der Waals surface area contributed by atoms with Gasteiger partial charge in [0, 0.05) is 37.1 Å². The number of benzene rings is 1. The van der Waals surface area contributed by atoms with Crippen LogP contribution in [-0.4, -0.2) is 36.9 Å². The van der Waals surface area contributed by atoms with Gasteiger partial charge in [0.2, 0.25) is 6.41 Å². The fourth-order valence-corrected chi connectivity index (χ4v) is 2.84. The normalized spacial score (nSPS) is 12.6. The van der Waals surface area contributed by atoms with E-state index >= 15 is 0 Å². The van der Waals surface area contributed by atoms with E-state index in [4.69, 9.17) is 0 Å². The Bertz CT molecular complexity index is 732. The van der Waals surface area contributed by atoms with Crippen molar-refractivity contribution in [3.8, 4) is 0 Å². The van der Waals surface area contributed by atoms with E-state index in [0.29, 0.717) is 31.5 Å². The fourth-order valence-electron chi connectivity index (χ4n) is 2.84. The van der Waals surface area contributed by atoms with Crippen LogP contribution in [0.4, 0.5) is 11.5 Å². The number of anilines is 2. The Kier molecular flexibility index (Phi) is 5.05. The number of amides is 2. The van der Waals surface area contributed by atoms with Crippen LogP contribution < -0.4 is 15.5 Å². The Labute approximate surface area is 140 Å². The monoisotopic (exact) mass is 324 g/mol. The van der Waals surface area contributed by atoms with Gasteiger partial charge < -0.3 is 15.5 Å². The number of hydrogen-bond donors (Lipinski definition) is 2. The van der Waals surface area contributed by atoms with Gasteiger partial charge in [-0.05, 0) is 36.6 Å². The summed E-state index contributed by atoms with van der Waals surface area (Å²) in [4.78, 5) is 29.0. The highest BCUT2D eigenvalue weighted by Crippen LogP contribution is 2.33. The maximum Gasteiger partial charge on any atom is 0.251 e. The number of hydrogen-bond acceptors (Lipinski definition) is 4. The molecule has 124 valence electrons. The van der Waals surface area contributed by atoms with Crippen molar-refractivity contribution in [1.82, 2.24) is 15.6 Å². The zero-order chi connectivity index (χ0) is 16.8. The molecule has 0 radical (unpaired) electrons. The quantitative estimate of drug-likeness (QED) is 0.600. The molecule has 1 aromatic heterocycles. The first-order chi connectivity index (χ1) is 11.8. The summed E-state index contributed by atoms with van der Waals surface area (Å²) < 4.78 is 0. The molecule has 2 heterocycles. The van der Waals surface area contributed by atoms with Crippen molar-refractivity contribution in [3.63, 3.8) is 0 Å². The van der Waals surface area contributed by atoms with Crippen LogP contribution in [0.25, 0.3) is 0 Å². The minimum absolute atomic E-state index is 0.128. The van der Waals surface area contributed by atoms with Crippen LogP contribution in [0.3, 0.4) is 0 Å². The predicted molar refractivity (Wildman–Crippen MR) is 92.4 cm³/mol. The Hall–Kier alpha value is -2.89. The molecule has 0 aliphatic carbocycles. The second-order valence-corrected chi connectivity index (χ2v) is 5.61. The number of carbonyl (C=O) groups is 2. The number of para-hydroxylation sites is 1. The van der Waals surface area contributed by atoms with E-state index < -0.39 is 0 Å². The van der Waals surface area contributed by atoms with Gasteiger partial charge in [0.25, 0.3) is 5.91 Å². The molecule has 1 aromatic carbocycles. The maximum absolute atomic E-state index is 12.2. The molecule has 0 atom stereocenters. The molecule has 1 aliphatic rings. The lowest BCUT2D eigenvalue weighted by Gasteiger charge is -2.18. The smallest absolute Gasteiger partial charge is 0.251 e. The van der Waals surface area contributed by atoms with Crippen molar-refractivity contribution in [3.05, 3.63) is 53.7 Å². The van der Waals surface area contributed by atoms with Gasteiger partial charge in [-0.1, -0.05) is 18.2 Å². The van der Waals surface area contributed by atoms with Crippen molar-refractivity contribution in [1.29, 1.82) is 0 Å². The Morgan fingerprint density at radius 3 is 3.00 bits per heavy atom. The molecule has 0 bridgehead atoms. The van der Waals surface area contributed by atoms with Gasteiger partial charge in [-0.25, -0.2) is 4.98 Å². The van der Waals surface area contributed by atoms with Crippen LogP contribution in [0.1, 0.15) is 22.3 Å². The lowest BCUT2D eigenvalue weighted by Crippen LogP contribution is -2.27. The average molecular weight is 324 g/mol. The van der Waals surface area contributed by atoms with Gasteiger partial charge in [-0.15, -0.1) is 0 Å². The Balaban J connectivity index is 1.67. The zero-order valence-electron chi connectivity index (χ0n) is 13.4. The third-order valence-electron chi connectivity index (χ3n) is 4.04. The first kappa shape index (κ1) is 16.0. The van der Waals surface area contributed by atoms with Crippen LogP contribution in [0.15, 0.2) is 42.6 Å². The summed E-state index contributed by atoms with van der Waals surface area (Å²) in [7, 11) is 0. The van der Waals surface area contributed by atoms with Gasteiger partial charge in [-0.2, -0.15) is 0 Å². The van der Waals surface area contributed by atoms with E-state index in [9.17, 15) is 9.59 Å². The number of pyridine rings is 1. The molecular weight excluding hydrogens is 304 g/mol. The molecule has 6 nitrogen and oxygen atoms in total. The second kappa shape index (κ2) is 7.59. The highest BCUT2D eigenvalue weighted by Gasteiger charge is 2.21. The summed E-state index contributed by atoms with van der Waals surface area (Å²) in [5.74, 6) is 0.660. The van der Waals surface area contributed by atoms with Gasteiger partial charge in [0.15, 0.2) is 0 Å². The molecule has 2 amide bonds. The summed E-state index contributed by atoms with van der Waals surface area (Å²) in [6, 6.07) is 11.8. The van der Waals surface area contributed by atoms with Crippen LogP contribution in [0.5, 0.6) is 0 Å². The number of fused-ring (bicyclic) bond motifs is 1. The van der Waals surface area contributed by atoms with Crippen molar-refractivity contribution in [2.75, 3.05) is 24.5 Å². The number of carbonyl (C=O) groups excluding carboxylic acids is 2. The zero-order valence-corrected chi connectivity index (χ0v) is 13.4. The van der Waals surface area contributed by atoms with Crippen LogP contribution >= 0.6 is 0 Å². The summed E-state index contributed by atoms with van der Waals surface area (Å²) >= 11 is 0. The first-order valence-electron chi connectivity index (χ1n) is 8.06. The first-order valence-corrected chi connectivity index (χ1v) is 8.06. The van der Waals surface area contributed by atoms with Crippen molar-refractivity contribution in [2.24, 2.45) is 0 Å². The standard InChI is InChI=1S/C18H20N4O2/c23-13-19-8-3-9-21-18(24)15-6-10-20-17(12-15)22-11-7-14-4-1-2-5-16(14)22/h1-2,4-6,10,12-13H,3,7-9,11H2,(H,19,23)(H,21,24). The van der Waals surface area contributed by atoms with Gasteiger partial charge >= 0.3 is 0 Å². The molecule has 0 saturated heterocycles. The Morgan fingerprint density at radius 1 is 1.25 bits per heavy atom. The van der Waals surface area contributed by atoms with E-state index in [-0.39, 0.29) is 5.91 Å². The average Bonchev–Trinajstić information content (AvgIpc) is 3.05. The molecular formula is C18H20N4O2. The lowest BCUT2D eigenvalue weighted by atomic mass is 10.2. The van der Waals surface area contributed by atoms with Crippen molar-refractivity contribution < 1.29 is 9.59 Å². The number of rotatable bonds is 7. The molecule has 0 fully saturated rings. The highest BCUT2D eigenvalue weighted by atomic mass is 16.1. The van der Waals surface area contributed by atoms with Crippen molar-refractivity contribution >= 4 is 23.8 Å². The molecule has 2 aromatic rings. The molecule has 0 saturated carbocycles. The maximum atomic E-state index is 12.2.